The van der Waals surface area contributed by atoms with Gasteiger partial charge in [-0.25, -0.2) is 15.0 Å². The summed E-state index contributed by atoms with van der Waals surface area (Å²) < 4.78 is 5.69. The molecule has 5 heterocycles. The lowest BCUT2D eigenvalue weighted by atomic mass is 9.98. The average Bonchev–Trinajstić information content (AvgIpc) is 3.46. The van der Waals surface area contributed by atoms with Crippen LogP contribution >= 0.6 is 0 Å². The van der Waals surface area contributed by atoms with Crippen molar-refractivity contribution >= 4 is 22.8 Å². The van der Waals surface area contributed by atoms with Gasteiger partial charge in [0.1, 0.15) is 11.5 Å². The van der Waals surface area contributed by atoms with E-state index in [-0.39, 0.29) is 17.9 Å². The number of hydrogen-bond donors (Lipinski definition) is 1. The van der Waals surface area contributed by atoms with E-state index in [9.17, 15) is 4.79 Å². The zero-order valence-electron chi connectivity index (χ0n) is 18.8. The summed E-state index contributed by atoms with van der Waals surface area (Å²) in [4.78, 5) is 35.3. The molecule has 6 rings (SSSR count). The topological polar surface area (TPSA) is 87.2 Å². The van der Waals surface area contributed by atoms with Crippen LogP contribution in [-0.4, -0.2) is 56.5 Å². The Balaban J connectivity index is 1.55. The maximum absolute atomic E-state index is 13.2. The molecule has 8 heteroatoms. The molecule has 1 saturated heterocycles. The third kappa shape index (κ3) is 2.92. The van der Waals surface area contributed by atoms with E-state index in [0.717, 1.165) is 53.1 Å². The highest BCUT2D eigenvalue weighted by Gasteiger charge is 2.48. The normalized spacial score (nSPS) is 22.4. The molecule has 1 saturated carbocycles. The minimum Gasteiger partial charge on any atom is -0.377 e. The molecule has 3 aromatic rings. The van der Waals surface area contributed by atoms with Gasteiger partial charge < -0.3 is 19.5 Å². The van der Waals surface area contributed by atoms with Crippen LogP contribution in [0.25, 0.3) is 22.4 Å². The first-order valence-electron chi connectivity index (χ1n) is 11.4. The van der Waals surface area contributed by atoms with Crippen molar-refractivity contribution in [2.24, 2.45) is 5.92 Å². The van der Waals surface area contributed by atoms with Crippen molar-refractivity contribution < 1.29 is 9.53 Å². The molecule has 2 aliphatic heterocycles. The number of anilines is 1. The molecule has 8 nitrogen and oxygen atoms in total. The molecule has 3 aliphatic rings. The van der Waals surface area contributed by atoms with Crippen LogP contribution in [0.2, 0.25) is 0 Å². The Morgan fingerprint density at radius 1 is 1.25 bits per heavy atom. The third-order valence-electron chi connectivity index (χ3n) is 7.09. The summed E-state index contributed by atoms with van der Waals surface area (Å²) in [5.74, 6) is 2.02. The number of aromatic amines is 1. The maximum Gasteiger partial charge on any atom is 0.226 e. The van der Waals surface area contributed by atoms with Gasteiger partial charge in [0.15, 0.2) is 5.82 Å². The molecular formula is C24H28N6O2. The van der Waals surface area contributed by atoms with E-state index in [1.807, 2.05) is 23.2 Å². The monoisotopic (exact) mass is 432 g/mol. The zero-order chi connectivity index (χ0) is 22.0. The van der Waals surface area contributed by atoms with Crippen LogP contribution in [0.1, 0.15) is 44.9 Å². The first-order valence-corrected chi connectivity index (χ1v) is 11.4. The number of ether oxygens (including phenoxy) is 1. The Labute approximate surface area is 187 Å². The van der Waals surface area contributed by atoms with E-state index in [0.29, 0.717) is 25.6 Å². The standard InChI is InChI=1S/C24H28N6O2/c1-14-13-32-11-10-29(14)22-18-12-30(23(31)15-4-5-15)24(2,3)19(18)27-21(28-22)17-7-9-26-20-16(17)6-8-25-20/h6-9,14-15H,4-5,10-13H2,1-3H3,(H,25,26)/t14-/m1/s1. The van der Waals surface area contributed by atoms with Crippen LogP contribution < -0.4 is 4.90 Å². The second-order valence-corrected chi connectivity index (χ2v) is 9.67. The number of carbonyl (C=O) groups is 1. The number of amides is 1. The van der Waals surface area contributed by atoms with Gasteiger partial charge >= 0.3 is 0 Å². The minimum atomic E-state index is -0.485. The van der Waals surface area contributed by atoms with Gasteiger partial charge in [0.05, 0.1) is 37.0 Å². The highest BCUT2D eigenvalue weighted by molar-refractivity contribution is 5.91. The van der Waals surface area contributed by atoms with Crippen molar-refractivity contribution in [3.8, 4) is 11.4 Å². The molecule has 1 N–H and O–H groups in total. The van der Waals surface area contributed by atoms with Crippen molar-refractivity contribution in [1.82, 2.24) is 24.8 Å². The van der Waals surface area contributed by atoms with Crippen molar-refractivity contribution in [2.75, 3.05) is 24.7 Å². The number of fused-ring (bicyclic) bond motifs is 2. The number of pyridine rings is 1. The minimum absolute atomic E-state index is 0.168. The Bertz CT molecular complexity index is 1210. The highest BCUT2D eigenvalue weighted by Crippen LogP contribution is 2.45. The summed E-state index contributed by atoms with van der Waals surface area (Å²) >= 11 is 0. The van der Waals surface area contributed by atoms with E-state index >= 15 is 0 Å². The van der Waals surface area contributed by atoms with Crippen LogP contribution in [0, 0.1) is 5.92 Å². The van der Waals surface area contributed by atoms with Crippen molar-refractivity contribution in [1.29, 1.82) is 0 Å². The number of morpholine rings is 1. The van der Waals surface area contributed by atoms with Gasteiger partial charge in [-0.3, -0.25) is 4.79 Å². The van der Waals surface area contributed by atoms with Gasteiger partial charge in [-0.15, -0.1) is 0 Å². The van der Waals surface area contributed by atoms with Crippen molar-refractivity contribution in [3.63, 3.8) is 0 Å². The first kappa shape index (κ1) is 19.7. The largest absolute Gasteiger partial charge is 0.377 e. The van der Waals surface area contributed by atoms with Gasteiger partial charge in [0, 0.05) is 41.4 Å². The molecule has 166 valence electrons. The molecule has 1 aliphatic carbocycles. The number of H-pyrrole nitrogens is 1. The molecule has 0 spiro atoms. The summed E-state index contributed by atoms with van der Waals surface area (Å²) in [6.45, 7) is 9.06. The molecule has 0 aromatic carbocycles. The summed E-state index contributed by atoms with van der Waals surface area (Å²) in [5.41, 5.74) is 3.30. The second kappa shape index (κ2) is 7.00. The highest BCUT2D eigenvalue weighted by atomic mass is 16.5. The SMILES string of the molecule is C[C@@H]1COCCN1c1nc(-c2ccnc3[nH]ccc23)nc2c1CN(C(=O)C1CC1)C2(C)C. The lowest BCUT2D eigenvalue weighted by Gasteiger charge is -2.35. The van der Waals surface area contributed by atoms with Crippen LogP contribution in [0.3, 0.4) is 0 Å². The summed E-state index contributed by atoms with van der Waals surface area (Å²) in [6, 6.07) is 4.19. The Hall–Kier alpha value is -3.00. The molecule has 1 atom stereocenters. The van der Waals surface area contributed by atoms with Crippen molar-refractivity contribution in [2.45, 2.75) is 51.7 Å². The summed E-state index contributed by atoms with van der Waals surface area (Å²) in [6.07, 6.45) is 5.67. The fourth-order valence-corrected chi connectivity index (χ4v) is 5.07. The quantitative estimate of drug-likeness (QED) is 0.684. The predicted molar refractivity (Wildman–Crippen MR) is 121 cm³/mol. The van der Waals surface area contributed by atoms with Gasteiger partial charge in [0.2, 0.25) is 5.91 Å². The molecule has 0 radical (unpaired) electrons. The molecule has 1 amide bonds. The van der Waals surface area contributed by atoms with E-state index in [1.165, 1.54) is 0 Å². The van der Waals surface area contributed by atoms with Crippen LogP contribution in [0.5, 0.6) is 0 Å². The number of hydrogen-bond acceptors (Lipinski definition) is 6. The van der Waals surface area contributed by atoms with Crippen molar-refractivity contribution in [3.05, 3.63) is 35.8 Å². The van der Waals surface area contributed by atoms with E-state index in [1.54, 1.807) is 6.20 Å². The van der Waals surface area contributed by atoms with E-state index < -0.39 is 5.54 Å². The van der Waals surface area contributed by atoms with Gasteiger partial charge in [-0.05, 0) is 45.7 Å². The van der Waals surface area contributed by atoms with Gasteiger partial charge in [-0.1, -0.05) is 0 Å². The van der Waals surface area contributed by atoms with Gasteiger partial charge in [0.25, 0.3) is 0 Å². The fourth-order valence-electron chi connectivity index (χ4n) is 5.07. The molecule has 3 aromatic heterocycles. The number of nitrogens with zero attached hydrogens (tertiary/aromatic N) is 5. The lowest BCUT2D eigenvalue weighted by Crippen LogP contribution is -2.44. The molecule has 0 bridgehead atoms. The molecular weight excluding hydrogens is 404 g/mol. The number of rotatable bonds is 3. The maximum atomic E-state index is 13.2. The first-order chi connectivity index (χ1) is 15.4. The van der Waals surface area contributed by atoms with Crippen LogP contribution in [0.4, 0.5) is 5.82 Å². The Morgan fingerprint density at radius 3 is 2.88 bits per heavy atom. The summed E-state index contributed by atoms with van der Waals surface area (Å²) in [7, 11) is 0. The van der Waals surface area contributed by atoms with Crippen LogP contribution in [-0.2, 0) is 21.6 Å². The van der Waals surface area contributed by atoms with E-state index in [4.69, 9.17) is 14.7 Å². The molecule has 32 heavy (non-hydrogen) atoms. The predicted octanol–water partition coefficient (Wildman–Crippen LogP) is 3.23. The molecule has 2 fully saturated rings. The van der Waals surface area contributed by atoms with E-state index in [2.05, 4.69) is 35.6 Å². The second-order valence-electron chi connectivity index (χ2n) is 9.67. The number of carbonyl (C=O) groups excluding carboxylic acids is 1. The van der Waals surface area contributed by atoms with Crippen LogP contribution in [0.15, 0.2) is 24.5 Å². The number of aromatic nitrogens is 4. The smallest absolute Gasteiger partial charge is 0.226 e. The lowest BCUT2D eigenvalue weighted by molar-refractivity contribution is -0.138. The summed E-state index contributed by atoms with van der Waals surface area (Å²) in [5, 5.41) is 0.996. The Morgan fingerprint density at radius 2 is 2.09 bits per heavy atom. The Kier molecular flexibility index (Phi) is 4.30. The fraction of sp³-hybridized carbons (Fsp3) is 0.500. The molecule has 0 unspecified atom stereocenters. The zero-order valence-corrected chi connectivity index (χ0v) is 18.8. The third-order valence-corrected chi connectivity index (χ3v) is 7.09. The average molecular weight is 433 g/mol. The number of nitrogens with one attached hydrogen (secondary N) is 1. The van der Waals surface area contributed by atoms with Gasteiger partial charge in [-0.2, -0.15) is 0 Å².